The Morgan fingerprint density at radius 2 is 1.60 bits per heavy atom. The van der Waals surface area contributed by atoms with Crippen LogP contribution in [0.2, 0.25) is 5.02 Å². The number of carbonyl (C=O) groups excluding carboxylic acids is 2. The first-order chi connectivity index (χ1) is 12.0. The zero-order valence-electron chi connectivity index (χ0n) is 13.2. The summed E-state index contributed by atoms with van der Waals surface area (Å²) in [6.45, 7) is 1.73. The van der Waals surface area contributed by atoms with E-state index in [1.165, 1.54) is 0 Å². The second kappa shape index (κ2) is 7.19. The van der Waals surface area contributed by atoms with Crippen LogP contribution in [0.15, 0.2) is 59.1 Å². The Labute approximate surface area is 148 Å². The minimum Gasteiger partial charge on any atom is -0.360 e. The highest BCUT2D eigenvalue weighted by Gasteiger charge is 2.11. The number of nitrogens with one attached hydrogen (secondary N) is 2. The molecule has 0 fully saturated rings. The van der Waals surface area contributed by atoms with Crippen LogP contribution in [-0.2, 0) is 0 Å². The molecule has 0 aliphatic rings. The number of anilines is 2. The molecule has 2 N–H and O–H groups in total. The van der Waals surface area contributed by atoms with Gasteiger partial charge in [0, 0.05) is 27.9 Å². The van der Waals surface area contributed by atoms with Gasteiger partial charge in [-0.15, -0.1) is 0 Å². The molecule has 0 radical (unpaired) electrons. The van der Waals surface area contributed by atoms with Gasteiger partial charge in [0.2, 0.25) is 0 Å². The zero-order chi connectivity index (χ0) is 17.8. The van der Waals surface area contributed by atoms with Crippen molar-refractivity contribution >= 4 is 34.9 Å². The summed E-state index contributed by atoms with van der Waals surface area (Å²) in [6.07, 6.45) is 0. The van der Waals surface area contributed by atoms with Gasteiger partial charge in [0.1, 0.15) is 5.76 Å². The van der Waals surface area contributed by atoms with Crippen molar-refractivity contribution < 1.29 is 14.1 Å². The van der Waals surface area contributed by atoms with E-state index in [1.807, 2.05) is 0 Å². The van der Waals surface area contributed by atoms with E-state index in [0.29, 0.717) is 33.4 Å². The van der Waals surface area contributed by atoms with Crippen molar-refractivity contribution in [1.29, 1.82) is 0 Å². The highest BCUT2D eigenvalue weighted by Crippen LogP contribution is 2.16. The third-order valence-corrected chi connectivity index (χ3v) is 3.60. The van der Waals surface area contributed by atoms with Crippen molar-refractivity contribution in [2.24, 2.45) is 0 Å². The lowest BCUT2D eigenvalue weighted by atomic mass is 10.1. The maximum Gasteiger partial charge on any atom is 0.256 e. The van der Waals surface area contributed by atoms with E-state index in [0.717, 1.165) is 0 Å². The molecule has 0 atom stereocenters. The third-order valence-electron chi connectivity index (χ3n) is 3.36. The lowest BCUT2D eigenvalue weighted by Crippen LogP contribution is -2.14. The second-order valence-electron chi connectivity index (χ2n) is 5.32. The van der Waals surface area contributed by atoms with Crippen molar-refractivity contribution in [3.05, 3.63) is 76.5 Å². The Hall–Kier alpha value is -3.12. The summed E-state index contributed by atoms with van der Waals surface area (Å²) >= 11 is 5.89. The smallest absolute Gasteiger partial charge is 0.256 e. The number of halogens is 1. The van der Waals surface area contributed by atoms with E-state index in [-0.39, 0.29) is 11.8 Å². The predicted octanol–water partition coefficient (Wildman–Crippen LogP) is 4.14. The van der Waals surface area contributed by atoms with Crippen LogP contribution in [0.4, 0.5) is 11.5 Å². The Morgan fingerprint density at radius 3 is 2.16 bits per heavy atom. The highest BCUT2D eigenvalue weighted by atomic mass is 35.5. The van der Waals surface area contributed by atoms with Crippen LogP contribution in [0.3, 0.4) is 0 Å². The second-order valence-corrected chi connectivity index (χ2v) is 5.76. The average Bonchev–Trinajstić information content (AvgIpc) is 3.00. The quantitative estimate of drug-likeness (QED) is 0.736. The van der Waals surface area contributed by atoms with Crippen LogP contribution in [-0.4, -0.2) is 17.0 Å². The molecule has 0 saturated heterocycles. The molecule has 25 heavy (non-hydrogen) atoms. The number of carbonyl (C=O) groups is 2. The van der Waals surface area contributed by atoms with Gasteiger partial charge < -0.3 is 15.2 Å². The van der Waals surface area contributed by atoms with Crippen LogP contribution in [0, 0.1) is 6.92 Å². The maximum absolute atomic E-state index is 12.2. The summed E-state index contributed by atoms with van der Waals surface area (Å²) < 4.78 is 4.89. The molecule has 2 aromatic carbocycles. The van der Waals surface area contributed by atoms with E-state index in [1.54, 1.807) is 61.5 Å². The number of nitrogens with zero attached hydrogens (tertiary/aromatic N) is 1. The first-order valence-corrected chi connectivity index (χ1v) is 7.81. The van der Waals surface area contributed by atoms with Gasteiger partial charge in [0.15, 0.2) is 5.82 Å². The van der Waals surface area contributed by atoms with E-state index < -0.39 is 0 Å². The summed E-state index contributed by atoms with van der Waals surface area (Å²) in [7, 11) is 0. The van der Waals surface area contributed by atoms with E-state index in [9.17, 15) is 9.59 Å². The summed E-state index contributed by atoms with van der Waals surface area (Å²) in [5.74, 6) is 0.310. The fraction of sp³-hybridized carbons (Fsp3) is 0.0556. The standard InChI is InChI=1S/C18H14ClN3O3/c1-11-9-16(22-25-11)21-18(24)13-7-5-12(6-8-13)17(23)20-15-4-2-3-14(19)10-15/h2-10H,1H3,(H,20,23)(H,21,22,24). The lowest BCUT2D eigenvalue weighted by molar-refractivity contribution is 0.101. The third kappa shape index (κ3) is 4.24. The Kier molecular flexibility index (Phi) is 4.81. The minimum absolute atomic E-state index is 0.290. The van der Waals surface area contributed by atoms with Crippen LogP contribution < -0.4 is 10.6 Å². The lowest BCUT2D eigenvalue weighted by Gasteiger charge is -2.06. The number of rotatable bonds is 4. The van der Waals surface area contributed by atoms with Gasteiger partial charge in [-0.05, 0) is 49.4 Å². The van der Waals surface area contributed by atoms with Crippen LogP contribution in [0.5, 0.6) is 0 Å². The fourth-order valence-electron chi connectivity index (χ4n) is 2.16. The van der Waals surface area contributed by atoms with Gasteiger partial charge in [0.25, 0.3) is 11.8 Å². The van der Waals surface area contributed by atoms with Crippen molar-refractivity contribution in [3.63, 3.8) is 0 Å². The van der Waals surface area contributed by atoms with Gasteiger partial charge in [-0.1, -0.05) is 22.8 Å². The molecule has 1 aromatic heterocycles. The molecule has 0 spiro atoms. The fourth-order valence-corrected chi connectivity index (χ4v) is 2.35. The first kappa shape index (κ1) is 16.7. The van der Waals surface area contributed by atoms with Gasteiger partial charge in [-0.25, -0.2) is 0 Å². The molecular weight excluding hydrogens is 342 g/mol. The molecule has 3 rings (SSSR count). The number of benzene rings is 2. The molecule has 0 unspecified atom stereocenters. The molecule has 0 saturated carbocycles. The molecule has 3 aromatic rings. The monoisotopic (exact) mass is 355 g/mol. The number of amides is 2. The van der Waals surface area contributed by atoms with Crippen LogP contribution >= 0.6 is 11.6 Å². The zero-order valence-corrected chi connectivity index (χ0v) is 14.0. The molecule has 6 nitrogen and oxygen atoms in total. The van der Waals surface area contributed by atoms with E-state index in [4.69, 9.17) is 16.1 Å². The van der Waals surface area contributed by atoms with Gasteiger partial charge >= 0.3 is 0 Å². The molecule has 0 aliphatic carbocycles. The topological polar surface area (TPSA) is 84.2 Å². The number of aromatic nitrogens is 1. The van der Waals surface area contributed by atoms with Crippen molar-refractivity contribution in [2.45, 2.75) is 6.92 Å². The highest BCUT2D eigenvalue weighted by molar-refractivity contribution is 6.31. The summed E-state index contributed by atoms with van der Waals surface area (Å²) in [5.41, 5.74) is 1.43. The Morgan fingerprint density at radius 1 is 0.960 bits per heavy atom. The SMILES string of the molecule is Cc1cc(NC(=O)c2ccc(C(=O)Nc3cccc(Cl)c3)cc2)no1. The molecule has 7 heteroatoms. The first-order valence-electron chi connectivity index (χ1n) is 7.43. The summed E-state index contributed by atoms with van der Waals surface area (Å²) in [6, 6.07) is 14.8. The van der Waals surface area contributed by atoms with Gasteiger partial charge in [0.05, 0.1) is 0 Å². The molecule has 0 aliphatic heterocycles. The van der Waals surface area contributed by atoms with Crippen molar-refractivity contribution in [2.75, 3.05) is 10.6 Å². The minimum atomic E-state index is -0.338. The molecular formula is C18H14ClN3O3. The molecule has 0 bridgehead atoms. The predicted molar refractivity (Wildman–Crippen MR) is 95.0 cm³/mol. The Bertz CT molecular complexity index is 919. The molecule has 2 amide bonds. The van der Waals surface area contributed by atoms with Crippen LogP contribution in [0.1, 0.15) is 26.5 Å². The summed E-state index contributed by atoms with van der Waals surface area (Å²) in [4.78, 5) is 24.3. The molecule has 126 valence electrons. The maximum atomic E-state index is 12.2. The normalized spacial score (nSPS) is 10.3. The number of aryl methyl sites for hydroxylation is 1. The van der Waals surface area contributed by atoms with Crippen LogP contribution in [0.25, 0.3) is 0 Å². The van der Waals surface area contributed by atoms with Gasteiger partial charge in [-0.3, -0.25) is 9.59 Å². The Balaban J connectivity index is 1.67. The largest absolute Gasteiger partial charge is 0.360 e. The van der Waals surface area contributed by atoms with Gasteiger partial charge in [-0.2, -0.15) is 0 Å². The average molecular weight is 356 g/mol. The number of hydrogen-bond donors (Lipinski definition) is 2. The van der Waals surface area contributed by atoms with E-state index >= 15 is 0 Å². The van der Waals surface area contributed by atoms with Crippen molar-refractivity contribution in [1.82, 2.24) is 5.16 Å². The number of hydrogen-bond acceptors (Lipinski definition) is 4. The van der Waals surface area contributed by atoms with Crippen molar-refractivity contribution in [3.8, 4) is 0 Å². The summed E-state index contributed by atoms with van der Waals surface area (Å²) in [5, 5.41) is 9.59. The molecule has 1 heterocycles. The van der Waals surface area contributed by atoms with E-state index in [2.05, 4.69) is 15.8 Å².